The van der Waals surface area contributed by atoms with Crippen LogP contribution in [-0.4, -0.2) is 11.6 Å². The summed E-state index contributed by atoms with van der Waals surface area (Å²) in [6, 6.07) is 27.1. The molecule has 25 heavy (non-hydrogen) atoms. The van der Waals surface area contributed by atoms with Gasteiger partial charge in [0, 0.05) is 16.7 Å². The quantitative estimate of drug-likeness (QED) is 0.422. The third-order valence-electron chi connectivity index (χ3n) is 3.78. The lowest BCUT2D eigenvalue weighted by Gasteiger charge is -2.11. The van der Waals surface area contributed by atoms with Crippen molar-refractivity contribution in [3.63, 3.8) is 0 Å². The number of ketones is 2. The second kappa shape index (κ2) is 7.86. The first-order chi connectivity index (χ1) is 12.2. The minimum atomic E-state index is -0.219. The molecule has 122 valence electrons. The Morgan fingerprint density at radius 1 is 0.520 bits per heavy atom. The van der Waals surface area contributed by atoms with Gasteiger partial charge in [0.1, 0.15) is 0 Å². The molecule has 0 radical (unpaired) electrons. The topological polar surface area (TPSA) is 34.1 Å². The van der Waals surface area contributed by atoms with E-state index in [1.54, 1.807) is 36.4 Å². The average molecular weight is 391 g/mol. The van der Waals surface area contributed by atoms with E-state index >= 15 is 0 Å². The molecule has 0 atom stereocenters. The third-order valence-corrected chi connectivity index (χ3v) is 4.54. The molecule has 0 fully saturated rings. The number of hydrogen-bond donors (Lipinski definition) is 0. The lowest BCUT2D eigenvalue weighted by atomic mass is 9.94. The summed E-state index contributed by atoms with van der Waals surface area (Å²) >= 11 is 3.39. The van der Waals surface area contributed by atoms with Gasteiger partial charge in [0.25, 0.3) is 0 Å². The summed E-state index contributed by atoms with van der Waals surface area (Å²) in [5, 5.41) is 0. The summed E-state index contributed by atoms with van der Waals surface area (Å²) in [4.78, 5) is 25.9. The first kappa shape index (κ1) is 17.1. The van der Waals surface area contributed by atoms with E-state index < -0.39 is 0 Å². The zero-order valence-corrected chi connectivity index (χ0v) is 14.9. The molecule has 3 aromatic carbocycles. The van der Waals surface area contributed by atoms with Crippen molar-refractivity contribution in [3.05, 3.63) is 112 Å². The predicted octanol–water partition coefficient (Wildman–Crippen LogP) is 5.56. The first-order valence-electron chi connectivity index (χ1n) is 7.83. The Hall–Kier alpha value is -2.78. The Kier molecular flexibility index (Phi) is 5.36. The summed E-state index contributed by atoms with van der Waals surface area (Å²) < 4.78 is 0.263. The van der Waals surface area contributed by atoms with Crippen LogP contribution in [0.3, 0.4) is 0 Å². The monoisotopic (exact) mass is 390 g/mol. The summed E-state index contributed by atoms with van der Waals surface area (Å²) in [6.45, 7) is 0. The van der Waals surface area contributed by atoms with Gasteiger partial charge in [-0.3, -0.25) is 9.59 Å². The van der Waals surface area contributed by atoms with Crippen molar-refractivity contribution in [2.24, 2.45) is 0 Å². The molecule has 0 aliphatic rings. The van der Waals surface area contributed by atoms with E-state index in [4.69, 9.17) is 0 Å². The van der Waals surface area contributed by atoms with Crippen LogP contribution < -0.4 is 0 Å². The van der Waals surface area contributed by atoms with E-state index in [9.17, 15) is 9.59 Å². The van der Waals surface area contributed by atoms with E-state index in [1.165, 1.54) is 0 Å². The average Bonchev–Trinajstić information content (AvgIpc) is 2.69. The molecule has 0 heterocycles. The number of Topliss-reactive ketones (excluding diaryl/α,β-unsaturated/α-hetero) is 2. The molecule has 0 aliphatic carbocycles. The second-order valence-corrected chi connectivity index (χ2v) is 6.24. The molecule has 3 rings (SSSR count). The smallest absolute Gasteiger partial charge is 0.200 e. The maximum absolute atomic E-state index is 13.1. The van der Waals surface area contributed by atoms with Crippen molar-refractivity contribution in [1.29, 1.82) is 0 Å². The van der Waals surface area contributed by atoms with Gasteiger partial charge in [0.2, 0.25) is 5.78 Å². The van der Waals surface area contributed by atoms with E-state index in [0.29, 0.717) is 22.3 Å². The molecule has 0 saturated carbocycles. The summed E-state index contributed by atoms with van der Waals surface area (Å²) in [6.07, 6.45) is 0. The molecule has 0 N–H and O–H groups in total. The zero-order chi connectivity index (χ0) is 17.6. The minimum Gasteiger partial charge on any atom is -0.289 e. The molecule has 0 aromatic heterocycles. The highest BCUT2D eigenvalue weighted by Crippen LogP contribution is 2.29. The van der Waals surface area contributed by atoms with Crippen LogP contribution in [0.25, 0.3) is 5.57 Å². The van der Waals surface area contributed by atoms with Gasteiger partial charge < -0.3 is 0 Å². The number of carbonyl (C=O) groups excluding carboxylic acids is 2. The highest BCUT2D eigenvalue weighted by atomic mass is 79.9. The fraction of sp³-hybridized carbons (Fsp3) is 0. The number of rotatable bonds is 5. The van der Waals surface area contributed by atoms with E-state index in [-0.39, 0.29) is 16.0 Å². The Balaban J connectivity index is 2.14. The van der Waals surface area contributed by atoms with Gasteiger partial charge in [0.05, 0.1) is 4.48 Å². The van der Waals surface area contributed by atoms with Crippen molar-refractivity contribution in [2.45, 2.75) is 0 Å². The summed E-state index contributed by atoms with van der Waals surface area (Å²) in [5.74, 6) is -0.410. The largest absolute Gasteiger partial charge is 0.289 e. The standard InChI is InChI=1S/C22H15BrO2/c23-20(22(25)18-14-8-3-9-15-18)19(16-10-4-1-5-11-16)21(24)17-12-6-2-7-13-17/h1-15H/b20-19-. The van der Waals surface area contributed by atoms with Gasteiger partial charge in [-0.25, -0.2) is 0 Å². The van der Waals surface area contributed by atoms with Gasteiger partial charge in [-0.1, -0.05) is 91.0 Å². The maximum atomic E-state index is 13.1. The first-order valence-corrected chi connectivity index (χ1v) is 8.62. The molecule has 0 bridgehead atoms. The number of benzene rings is 3. The van der Waals surface area contributed by atoms with Gasteiger partial charge in [-0.2, -0.15) is 0 Å². The van der Waals surface area contributed by atoms with Crippen molar-refractivity contribution in [2.75, 3.05) is 0 Å². The number of halogens is 1. The Labute approximate surface area is 155 Å². The molecule has 2 nitrogen and oxygen atoms in total. The van der Waals surface area contributed by atoms with Gasteiger partial charge in [-0.05, 0) is 21.5 Å². The summed E-state index contributed by atoms with van der Waals surface area (Å²) in [5.41, 5.74) is 2.14. The minimum absolute atomic E-state index is 0.192. The zero-order valence-electron chi connectivity index (χ0n) is 13.4. The van der Waals surface area contributed by atoms with Crippen molar-refractivity contribution < 1.29 is 9.59 Å². The van der Waals surface area contributed by atoms with Crippen LogP contribution in [0.15, 0.2) is 95.5 Å². The molecular formula is C22H15BrO2. The van der Waals surface area contributed by atoms with E-state index in [0.717, 1.165) is 0 Å². The lowest BCUT2D eigenvalue weighted by molar-refractivity contribution is 0.102. The van der Waals surface area contributed by atoms with Crippen LogP contribution in [0.2, 0.25) is 0 Å². The van der Waals surface area contributed by atoms with Crippen molar-refractivity contribution in [1.82, 2.24) is 0 Å². The van der Waals surface area contributed by atoms with Gasteiger partial charge >= 0.3 is 0 Å². The highest BCUT2D eigenvalue weighted by Gasteiger charge is 2.22. The van der Waals surface area contributed by atoms with Crippen LogP contribution in [0.1, 0.15) is 26.3 Å². The normalized spacial score (nSPS) is 11.6. The highest BCUT2D eigenvalue weighted by molar-refractivity contribution is 9.12. The van der Waals surface area contributed by atoms with Gasteiger partial charge in [-0.15, -0.1) is 0 Å². The lowest BCUT2D eigenvalue weighted by Crippen LogP contribution is -2.09. The number of carbonyl (C=O) groups is 2. The molecule has 3 heteroatoms. The van der Waals surface area contributed by atoms with Gasteiger partial charge in [0.15, 0.2) is 5.78 Å². The number of allylic oxidation sites excluding steroid dienone is 2. The second-order valence-electron chi connectivity index (χ2n) is 5.45. The molecule has 0 spiro atoms. The van der Waals surface area contributed by atoms with Crippen LogP contribution in [0.4, 0.5) is 0 Å². The predicted molar refractivity (Wildman–Crippen MR) is 104 cm³/mol. The molecule has 0 amide bonds. The Morgan fingerprint density at radius 2 is 0.880 bits per heavy atom. The van der Waals surface area contributed by atoms with E-state index in [2.05, 4.69) is 15.9 Å². The van der Waals surface area contributed by atoms with Crippen LogP contribution >= 0.6 is 15.9 Å². The Bertz CT molecular complexity index is 914. The molecule has 0 saturated heterocycles. The molecule has 0 unspecified atom stereocenters. The fourth-order valence-electron chi connectivity index (χ4n) is 2.53. The maximum Gasteiger partial charge on any atom is 0.200 e. The molecular weight excluding hydrogens is 376 g/mol. The van der Waals surface area contributed by atoms with Crippen molar-refractivity contribution >= 4 is 33.1 Å². The number of hydrogen-bond acceptors (Lipinski definition) is 2. The molecule has 3 aromatic rings. The van der Waals surface area contributed by atoms with Crippen molar-refractivity contribution in [3.8, 4) is 0 Å². The fourth-order valence-corrected chi connectivity index (χ4v) is 3.16. The van der Waals surface area contributed by atoms with Crippen LogP contribution in [0.5, 0.6) is 0 Å². The molecule has 0 aliphatic heterocycles. The summed E-state index contributed by atoms with van der Waals surface area (Å²) in [7, 11) is 0. The Morgan fingerprint density at radius 3 is 1.32 bits per heavy atom. The van der Waals surface area contributed by atoms with Crippen LogP contribution in [-0.2, 0) is 0 Å². The SMILES string of the molecule is O=C(/C(Br)=C(/C(=O)c1ccccc1)c1ccccc1)c1ccccc1. The van der Waals surface area contributed by atoms with E-state index in [1.807, 2.05) is 54.6 Å². The van der Waals surface area contributed by atoms with Crippen LogP contribution in [0, 0.1) is 0 Å². The third kappa shape index (κ3) is 3.83.